The summed E-state index contributed by atoms with van der Waals surface area (Å²) < 4.78 is 23.0. The van der Waals surface area contributed by atoms with Gasteiger partial charge in [-0.3, -0.25) is 9.59 Å². The molecule has 29 heavy (non-hydrogen) atoms. The largest absolute Gasteiger partial charge is 0.354 e. The standard InChI is InChI=1S/C22H26N2O4S/c1-16(21(25)23-14-18-11-12-29(27,28)15-18)24-22(26)20-10-6-5-9-19(20)13-17-7-3-2-4-8-17/h2-10,16,18H,11-15H2,1H3,(H,23,25)(H,24,26). The number of benzene rings is 2. The maximum absolute atomic E-state index is 12.7. The molecule has 7 heteroatoms. The van der Waals surface area contributed by atoms with Crippen molar-refractivity contribution in [2.45, 2.75) is 25.8 Å². The molecule has 0 aromatic heterocycles. The molecular formula is C22H26N2O4S. The van der Waals surface area contributed by atoms with Crippen LogP contribution in [0.25, 0.3) is 0 Å². The Hall–Kier alpha value is -2.67. The Morgan fingerprint density at radius 3 is 2.45 bits per heavy atom. The lowest BCUT2D eigenvalue weighted by atomic mass is 9.99. The van der Waals surface area contributed by atoms with Gasteiger partial charge >= 0.3 is 0 Å². The summed E-state index contributed by atoms with van der Waals surface area (Å²) in [4.78, 5) is 25.1. The third-order valence-electron chi connectivity index (χ3n) is 5.13. The number of nitrogens with one attached hydrogen (secondary N) is 2. The van der Waals surface area contributed by atoms with Gasteiger partial charge in [-0.05, 0) is 42.9 Å². The fraction of sp³-hybridized carbons (Fsp3) is 0.364. The lowest BCUT2D eigenvalue weighted by Gasteiger charge is -2.17. The highest BCUT2D eigenvalue weighted by Crippen LogP contribution is 2.17. The van der Waals surface area contributed by atoms with E-state index < -0.39 is 15.9 Å². The van der Waals surface area contributed by atoms with E-state index in [1.807, 2.05) is 42.5 Å². The van der Waals surface area contributed by atoms with Gasteiger partial charge in [-0.25, -0.2) is 8.42 Å². The first-order valence-corrected chi connectivity index (χ1v) is 11.6. The van der Waals surface area contributed by atoms with Gasteiger partial charge in [0.05, 0.1) is 11.5 Å². The molecule has 1 fully saturated rings. The molecule has 0 radical (unpaired) electrons. The molecule has 6 nitrogen and oxygen atoms in total. The monoisotopic (exact) mass is 414 g/mol. The van der Waals surface area contributed by atoms with Crippen LogP contribution in [0, 0.1) is 5.92 Å². The van der Waals surface area contributed by atoms with Gasteiger partial charge in [0.15, 0.2) is 9.84 Å². The predicted molar refractivity (Wildman–Crippen MR) is 112 cm³/mol. The number of carbonyl (C=O) groups is 2. The van der Waals surface area contributed by atoms with Gasteiger partial charge in [-0.2, -0.15) is 0 Å². The van der Waals surface area contributed by atoms with Crippen LogP contribution < -0.4 is 10.6 Å². The summed E-state index contributed by atoms with van der Waals surface area (Å²) in [5.41, 5.74) is 2.53. The SMILES string of the molecule is CC(NC(=O)c1ccccc1Cc1ccccc1)C(=O)NCC1CCS(=O)(=O)C1. The smallest absolute Gasteiger partial charge is 0.252 e. The van der Waals surface area contributed by atoms with Gasteiger partial charge in [0.1, 0.15) is 6.04 Å². The summed E-state index contributed by atoms with van der Waals surface area (Å²) in [6, 6.07) is 16.5. The highest BCUT2D eigenvalue weighted by molar-refractivity contribution is 7.91. The summed E-state index contributed by atoms with van der Waals surface area (Å²) in [5, 5.41) is 5.50. The fourth-order valence-electron chi connectivity index (χ4n) is 3.48. The van der Waals surface area contributed by atoms with E-state index in [-0.39, 0.29) is 29.2 Å². The minimum absolute atomic E-state index is 0.0570. The van der Waals surface area contributed by atoms with Gasteiger partial charge in [0.25, 0.3) is 5.91 Å². The average Bonchev–Trinajstić information content (AvgIpc) is 3.06. The average molecular weight is 415 g/mol. The Balaban J connectivity index is 1.57. The Bertz CT molecular complexity index is 973. The molecule has 1 aliphatic heterocycles. The topological polar surface area (TPSA) is 92.3 Å². The lowest BCUT2D eigenvalue weighted by molar-refractivity contribution is -0.122. The van der Waals surface area contributed by atoms with Gasteiger partial charge in [-0.15, -0.1) is 0 Å². The highest BCUT2D eigenvalue weighted by Gasteiger charge is 2.28. The normalized spacial score (nSPS) is 18.7. The molecule has 0 spiro atoms. The number of carbonyl (C=O) groups excluding carboxylic acids is 2. The first kappa shape index (κ1) is 21.0. The van der Waals surface area contributed by atoms with E-state index in [4.69, 9.17) is 0 Å². The fourth-order valence-corrected chi connectivity index (χ4v) is 5.34. The minimum atomic E-state index is -2.97. The summed E-state index contributed by atoms with van der Waals surface area (Å²) in [6.07, 6.45) is 1.19. The van der Waals surface area contributed by atoms with Crippen molar-refractivity contribution in [3.05, 3.63) is 71.3 Å². The zero-order valence-corrected chi connectivity index (χ0v) is 17.2. The van der Waals surface area contributed by atoms with Crippen molar-refractivity contribution in [3.63, 3.8) is 0 Å². The second kappa shape index (κ2) is 9.22. The first-order chi connectivity index (χ1) is 13.8. The van der Waals surface area contributed by atoms with Crippen molar-refractivity contribution in [3.8, 4) is 0 Å². The van der Waals surface area contributed by atoms with E-state index >= 15 is 0 Å². The molecule has 2 aromatic rings. The molecule has 1 heterocycles. The van der Waals surface area contributed by atoms with Crippen molar-refractivity contribution in [2.75, 3.05) is 18.1 Å². The summed E-state index contributed by atoms with van der Waals surface area (Å²) in [7, 11) is -2.97. The Kier molecular flexibility index (Phi) is 6.69. The lowest BCUT2D eigenvalue weighted by Crippen LogP contribution is -2.46. The predicted octanol–water partition coefficient (Wildman–Crippen LogP) is 1.95. The Morgan fingerprint density at radius 2 is 1.76 bits per heavy atom. The van der Waals surface area contributed by atoms with Crippen LogP contribution in [0.3, 0.4) is 0 Å². The van der Waals surface area contributed by atoms with Crippen LogP contribution in [0.15, 0.2) is 54.6 Å². The molecule has 154 valence electrons. The Labute approximate surface area is 171 Å². The highest BCUT2D eigenvalue weighted by atomic mass is 32.2. The van der Waals surface area contributed by atoms with E-state index in [2.05, 4.69) is 10.6 Å². The molecule has 0 saturated carbocycles. The third kappa shape index (κ3) is 5.90. The maximum atomic E-state index is 12.7. The van der Waals surface area contributed by atoms with Crippen molar-refractivity contribution in [1.82, 2.24) is 10.6 Å². The van der Waals surface area contributed by atoms with E-state index in [9.17, 15) is 18.0 Å². The van der Waals surface area contributed by atoms with Crippen molar-refractivity contribution < 1.29 is 18.0 Å². The summed E-state index contributed by atoms with van der Waals surface area (Å²) in [5.74, 6) is -0.386. The minimum Gasteiger partial charge on any atom is -0.354 e. The van der Waals surface area contributed by atoms with Crippen LogP contribution in [0.5, 0.6) is 0 Å². The molecular weight excluding hydrogens is 388 g/mol. The Morgan fingerprint density at radius 1 is 1.07 bits per heavy atom. The number of hydrogen-bond donors (Lipinski definition) is 2. The van der Waals surface area contributed by atoms with Gasteiger partial charge in [0, 0.05) is 12.1 Å². The van der Waals surface area contributed by atoms with Crippen LogP contribution in [0.2, 0.25) is 0 Å². The van der Waals surface area contributed by atoms with Crippen LogP contribution in [0.4, 0.5) is 0 Å². The molecule has 3 rings (SSSR count). The van der Waals surface area contributed by atoms with Gasteiger partial charge in [0.2, 0.25) is 5.91 Å². The van der Waals surface area contributed by atoms with Gasteiger partial charge < -0.3 is 10.6 Å². The van der Waals surface area contributed by atoms with E-state index in [1.165, 1.54) is 0 Å². The molecule has 2 N–H and O–H groups in total. The van der Waals surface area contributed by atoms with E-state index in [1.54, 1.807) is 19.1 Å². The second-order valence-corrected chi connectivity index (χ2v) is 9.76. The van der Waals surface area contributed by atoms with E-state index in [0.717, 1.165) is 11.1 Å². The summed E-state index contributed by atoms with van der Waals surface area (Å²) in [6.45, 7) is 1.93. The van der Waals surface area contributed by atoms with Crippen molar-refractivity contribution in [2.24, 2.45) is 5.92 Å². The van der Waals surface area contributed by atoms with Crippen LogP contribution >= 0.6 is 0 Å². The van der Waals surface area contributed by atoms with E-state index in [0.29, 0.717) is 24.9 Å². The maximum Gasteiger partial charge on any atom is 0.252 e. The molecule has 0 aliphatic carbocycles. The number of hydrogen-bond acceptors (Lipinski definition) is 4. The van der Waals surface area contributed by atoms with Gasteiger partial charge in [-0.1, -0.05) is 48.5 Å². The zero-order valence-electron chi connectivity index (χ0n) is 16.4. The van der Waals surface area contributed by atoms with Crippen LogP contribution in [-0.4, -0.2) is 44.3 Å². The van der Waals surface area contributed by atoms with Crippen molar-refractivity contribution in [1.29, 1.82) is 0 Å². The number of amides is 2. The first-order valence-electron chi connectivity index (χ1n) is 9.75. The molecule has 2 atom stereocenters. The molecule has 2 aromatic carbocycles. The molecule has 2 amide bonds. The number of rotatable bonds is 7. The second-order valence-electron chi connectivity index (χ2n) is 7.53. The van der Waals surface area contributed by atoms with Crippen LogP contribution in [0.1, 0.15) is 34.8 Å². The quantitative estimate of drug-likeness (QED) is 0.724. The van der Waals surface area contributed by atoms with Crippen molar-refractivity contribution >= 4 is 21.7 Å². The molecule has 2 unspecified atom stereocenters. The third-order valence-corrected chi connectivity index (χ3v) is 6.97. The summed E-state index contributed by atoms with van der Waals surface area (Å²) >= 11 is 0. The van der Waals surface area contributed by atoms with Crippen LogP contribution in [-0.2, 0) is 21.1 Å². The number of sulfone groups is 1. The molecule has 1 aliphatic rings. The zero-order chi connectivity index (χ0) is 20.9. The molecule has 1 saturated heterocycles. The molecule has 0 bridgehead atoms.